The van der Waals surface area contributed by atoms with E-state index in [0.29, 0.717) is 17.0 Å². The lowest BCUT2D eigenvalue weighted by Gasteiger charge is -2.22. The van der Waals surface area contributed by atoms with Crippen molar-refractivity contribution in [2.45, 2.75) is 63.7 Å². The number of pyridine rings is 1. The molecular weight excluding hydrogens is 398 g/mol. The molecule has 32 heavy (non-hydrogen) atoms. The fraction of sp³-hybridized carbons (Fsp3) is 0.393. The zero-order chi connectivity index (χ0) is 21.9. The van der Waals surface area contributed by atoms with E-state index in [0.717, 1.165) is 47.8 Å². The summed E-state index contributed by atoms with van der Waals surface area (Å²) in [5.41, 5.74) is 5.29. The Balaban J connectivity index is 1.32. The van der Waals surface area contributed by atoms with Crippen LogP contribution in [0.15, 0.2) is 48.5 Å². The van der Waals surface area contributed by atoms with E-state index >= 15 is 0 Å². The molecule has 2 aliphatic rings. The zero-order valence-electron chi connectivity index (χ0n) is 18.4. The molecule has 1 aromatic heterocycles. The molecule has 0 unspecified atom stereocenters. The molecule has 0 radical (unpaired) electrons. The van der Waals surface area contributed by atoms with Gasteiger partial charge >= 0.3 is 5.97 Å². The third kappa shape index (κ3) is 4.19. The predicted molar refractivity (Wildman–Crippen MR) is 125 cm³/mol. The van der Waals surface area contributed by atoms with Gasteiger partial charge in [0.1, 0.15) is 0 Å². The molecule has 3 aromatic rings. The molecule has 0 saturated heterocycles. The Bertz CT molecular complexity index is 1140. The van der Waals surface area contributed by atoms with Gasteiger partial charge in [0.2, 0.25) is 0 Å². The summed E-state index contributed by atoms with van der Waals surface area (Å²) in [6, 6.07) is 15.6. The van der Waals surface area contributed by atoms with Gasteiger partial charge in [0, 0.05) is 16.6 Å². The summed E-state index contributed by atoms with van der Waals surface area (Å²) < 4.78 is 5.55. The summed E-state index contributed by atoms with van der Waals surface area (Å²) in [7, 11) is 0. The predicted octanol–water partition coefficient (Wildman–Crippen LogP) is 6.20. The second-order valence-corrected chi connectivity index (χ2v) is 9.09. The molecule has 1 heterocycles. The molecule has 0 bridgehead atoms. The maximum atomic E-state index is 13.1. The van der Waals surface area contributed by atoms with Gasteiger partial charge in [-0.25, -0.2) is 4.79 Å². The maximum absolute atomic E-state index is 13.1. The number of aryl methyl sites for hydroxylation is 1. The summed E-state index contributed by atoms with van der Waals surface area (Å²) in [6.45, 7) is -0.243. The van der Waals surface area contributed by atoms with E-state index in [-0.39, 0.29) is 12.4 Å². The minimum atomic E-state index is -0.422. The number of nitrogens with zero attached hydrogens (tertiary/aromatic N) is 1. The van der Waals surface area contributed by atoms with Gasteiger partial charge in [0.25, 0.3) is 0 Å². The van der Waals surface area contributed by atoms with Gasteiger partial charge in [0.15, 0.2) is 12.4 Å². The van der Waals surface area contributed by atoms with Gasteiger partial charge in [-0.3, -0.25) is 9.78 Å². The molecule has 5 rings (SSSR count). The number of ketones is 1. The van der Waals surface area contributed by atoms with Gasteiger partial charge in [0.05, 0.1) is 11.1 Å². The lowest BCUT2D eigenvalue weighted by atomic mass is 9.84. The monoisotopic (exact) mass is 427 g/mol. The Labute approximate surface area is 189 Å². The Hall–Kier alpha value is -3.01. The second kappa shape index (κ2) is 9.23. The molecule has 2 aromatic carbocycles. The number of carbonyl (C=O) groups is 2. The number of hydrogen-bond acceptors (Lipinski definition) is 4. The Morgan fingerprint density at radius 3 is 2.44 bits per heavy atom. The third-order valence-corrected chi connectivity index (χ3v) is 7.02. The fourth-order valence-electron chi connectivity index (χ4n) is 5.27. The van der Waals surface area contributed by atoms with Crippen LogP contribution in [0.4, 0.5) is 0 Å². The van der Waals surface area contributed by atoms with Crippen LogP contribution >= 0.6 is 0 Å². The first-order chi connectivity index (χ1) is 15.7. The minimum absolute atomic E-state index is 0.166. The normalized spacial score (nSPS) is 16.5. The highest BCUT2D eigenvalue weighted by atomic mass is 16.5. The van der Waals surface area contributed by atoms with E-state index in [9.17, 15) is 9.59 Å². The first-order valence-electron chi connectivity index (χ1n) is 11.9. The van der Waals surface area contributed by atoms with Crippen molar-refractivity contribution < 1.29 is 14.3 Å². The van der Waals surface area contributed by atoms with Gasteiger partial charge in [-0.05, 0) is 61.6 Å². The van der Waals surface area contributed by atoms with Gasteiger partial charge in [-0.2, -0.15) is 0 Å². The molecule has 4 nitrogen and oxygen atoms in total. The van der Waals surface area contributed by atoms with Crippen LogP contribution < -0.4 is 0 Å². The van der Waals surface area contributed by atoms with Crippen LogP contribution in [-0.2, 0) is 17.6 Å². The molecule has 2 aliphatic carbocycles. The van der Waals surface area contributed by atoms with E-state index in [1.54, 1.807) is 0 Å². The van der Waals surface area contributed by atoms with Crippen LogP contribution in [0.25, 0.3) is 10.9 Å². The Kier molecular flexibility index (Phi) is 6.02. The number of rotatable bonds is 5. The van der Waals surface area contributed by atoms with Crippen LogP contribution in [0.5, 0.6) is 0 Å². The molecule has 1 saturated carbocycles. The summed E-state index contributed by atoms with van der Waals surface area (Å²) >= 11 is 0. The summed E-state index contributed by atoms with van der Waals surface area (Å²) in [6.07, 6.45) is 10.2. The van der Waals surface area contributed by atoms with Gasteiger partial charge in [-0.1, -0.05) is 61.7 Å². The van der Waals surface area contributed by atoms with Gasteiger partial charge < -0.3 is 4.74 Å². The van der Waals surface area contributed by atoms with Crippen LogP contribution in [0.3, 0.4) is 0 Å². The zero-order valence-corrected chi connectivity index (χ0v) is 18.4. The van der Waals surface area contributed by atoms with Crippen LogP contribution in [0.2, 0.25) is 0 Å². The number of para-hydroxylation sites is 1. The number of ether oxygens (including phenoxy) is 1. The number of benzene rings is 2. The van der Waals surface area contributed by atoms with Crippen molar-refractivity contribution in [3.8, 4) is 0 Å². The quantitative estimate of drug-likeness (QED) is 0.359. The highest BCUT2D eigenvalue weighted by Gasteiger charge is 2.24. The number of aromatic nitrogens is 1. The highest BCUT2D eigenvalue weighted by Crippen LogP contribution is 2.33. The van der Waals surface area contributed by atoms with Crippen molar-refractivity contribution in [2.24, 2.45) is 0 Å². The van der Waals surface area contributed by atoms with E-state index in [1.165, 1.54) is 37.7 Å². The second-order valence-electron chi connectivity index (χ2n) is 9.09. The van der Waals surface area contributed by atoms with Crippen LogP contribution in [0, 0.1) is 0 Å². The van der Waals surface area contributed by atoms with E-state index < -0.39 is 5.97 Å². The highest BCUT2D eigenvalue weighted by molar-refractivity contribution is 6.06. The largest absolute Gasteiger partial charge is 0.454 e. The van der Waals surface area contributed by atoms with E-state index in [1.807, 2.05) is 36.4 Å². The molecular formula is C28H29NO3. The first kappa shape index (κ1) is 20.9. The molecule has 0 atom stereocenters. The molecule has 164 valence electrons. The van der Waals surface area contributed by atoms with Crippen LogP contribution in [-0.4, -0.2) is 23.3 Å². The van der Waals surface area contributed by atoms with Crippen LogP contribution in [0.1, 0.15) is 88.4 Å². The average Bonchev–Trinajstić information content (AvgIpc) is 2.86. The topological polar surface area (TPSA) is 56.3 Å². The van der Waals surface area contributed by atoms with Crippen molar-refractivity contribution in [1.29, 1.82) is 0 Å². The fourth-order valence-corrected chi connectivity index (χ4v) is 5.27. The number of esters is 1. The molecule has 0 amide bonds. The number of hydrogen-bond donors (Lipinski definition) is 0. The summed E-state index contributed by atoms with van der Waals surface area (Å²) in [4.78, 5) is 30.6. The SMILES string of the molecule is O=C(COC(=O)c1c2c(nc3ccccc13)CCCC2)c1ccc(C2CCCCC2)cc1. The molecule has 0 N–H and O–H groups in total. The van der Waals surface area contributed by atoms with Crippen molar-refractivity contribution in [3.63, 3.8) is 0 Å². The average molecular weight is 428 g/mol. The van der Waals surface area contributed by atoms with Gasteiger partial charge in [-0.15, -0.1) is 0 Å². The van der Waals surface area contributed by atoms with E-state index in [2.05, 4.69) is 12.1 Å². The van der Waals surface area contributed by atoms with Crippen molar-refractivity contribution in [1.82, 2.24) is 4.98 Å². The number of Topliss-reactive ketones (excluding diaryl/α,β-unsaturated/α-hetero) is 1. The molecule has 0 aliphatic heterocycles. The Morgan fingerprint density at radius 1 is 0.875 bits per heavy atom. The summed E-state index contributed by atoms with van der Waals surface area (Å²) in [5, 5.41) is 0.808. The molecule has 4 heteroatoms. The summed E-state index contributed by atoms with van der Waals surface area (Å²) in [5.74, 6) is 0.0200. The van der Waals surface area contributed by atoms with E-state index in [4.69, 9.17) is 9.72 Å². The Morgan fingerprint density at radius 2 is 1.62 bits per heavy atom. The maximum Gasteiger partial charge on any atom is 0.339 e. The number of fused-ring (bicyclic) bond motifs is 2. The van der Waals surface area contributed by atoms with Crippen molar-refractivity contribution >= 4 is 22.7 Å². The standard InChI is InChI=1S/C28H29NO3/c30-26(21-16-14-20(15-17-21)19-8-2-1-3-9-19)18-32-28(31)27-22-10-4-6-12-24(22)29-25-13-7-5-11-23(25)27/h4,6,10,12,14-17,19H,1-3,5,7-9,11,13,18H2. The first-order valence-corrected chi connectivity index (χ1v) is 11.9. The smallest absolute Gasteiger partial charge is 0.339 e. The van der Waals surface area contributed by atoms with Crippen molar-refractivity contribution in [2.75, 3.05) is 6.61 Å². The van der Waals surface area contributed by atoms with Crippen molar-refractivity contribution in [3.05, 3.63) is 76.5 Å². The molecule has 1 fully saturated rings. The number of carbonyl (C=O) groups excluding carboxylic acids is 2. The minimum Gasteiger partial charge on any atom is -0.454 e. The third-order valence-electron chi connectivity index (χ3n) is 7.02. The molecule has 0 spiro atoms. The lowest BCUT2D eigenvalue weighted by Crippen LogP contribution is -2.19. The lowest BCUT2D eigenvalue weighted by molar-refractivity contribution is 0.0475.